The van der Waals surface area contributed by atoms with E-state index in [0.29, 0.717) is 15.6 Å². The van der Waals surface area contributed by atoms with E-state index in [-0.39, 0.29) is 35.3 Å². The van der Waals surface area contributed by atoms with Gasteiger partial charge in [-0.25, -0.2) is 8.42 Å². The summed E-state index contributed by atoms with van der Waals surface area (Å²) >= 11 is 13.1. The number of sulfonamides is 1. The van der Waals surface area contributed by atoms with E-state index >= 15 is 0 Å². The van der Waals surface area contributed by atoms with E-state index in [0.717, 1.165) is 15.4 Å². The number of benzene rings is 4. The number of aryl methyl sites for hydroxylation is 1. The highest BCUT2D eigenvalue weighted by atomic mass is 35.5. The van der Waals surface area contributed by atoms with Crippen LogP contribution in [0, 0.1) is 6.92 Å². The molecule has 0 aliphatic carbocycles. The molecule has 0 radical (unpaired) electrons. The summed E-state index contributed by atoms with van der Waals surface area (Å²) in [5.74, 6) is -0.789. The van der Waals surface area contributed by atoms with Gasteiger partial charge in [0, 0.05) is 34.6 Å². The van der Waals surface area contributed by atoms with Gasteiger partial charge in [-0.1, -0.05) is 89.4 Å². The van der Waals surface area contributed by atoms with Gasteiger partial charge in [0.1, 0.15) is 18.3 Å². The first-order chi connectivity index (χ1) is 21.9. The number of nitrogens with zero attached hydrogens (tertiary/aromatic N) is 2. The largest absolute Gasteiger partial charge is 0.495 e. The lowest BCUT2D eigenvalue weighted by molar-refractivity contribution is -0.140. The number of carbonyl (C=O) groups excluding carboxylic acids is 2. The second-order valence-electron chi connectivity index (χ2n) is 11.1. The lowest BCUT2D eigenvalue weighted by Gasteiger charge is -2.34. The van der Waals surface area contributed by atoms with Gasteiger partial charge in [-0.2, -0.15) is 0 Å². The average molecular weight is 683 g/mol. The number of carbonyl (C=O) groups is 2. The van der Waals surface area contributed by atoms with Crippen LogP contribution in [0.2, 0.25) is 10.0 Å². The van der Waals surface area contributed by atoms with E-state index in [9.17, 15) is 18.0 Å². The van der Waals surface area contributed by atoms with Crippen molar-refractivity contribution in [2.45, 2.75) is 50.7 Å². The molecule has 0 saturated heterocycles. The van der Waals surface area contributed by atoms with Crippen LogP contribution in [0.5, 0.6) is 5.75 Å². The van der Waals surface area contributed by atoms with Gasteiger partial charge in [-0.05, 0) is 62.7 Å². The van der Waals surface area contributed by atoms with Crippen LogP contribution in [0.3, 0.4) is 0 Å². The summed E-state index contributed by atoms with van der Waals surface area (Å²) in [6, 6.07) is 25.9. The first kappa shape index (κ1) is 34.8. The molecular formula is C35H37Cl2N3O5S. The number of hydrogen-bond acceptors (Lipinski definition) is 5. The maximum absolute atomic E-state index is 14.6. The predicted octanol–water partition coefficient (Wildman–Crippen LogP) is 6.67. The lowest BCUT2D eigenvalue weighted by Crippen LogP contribution is -2.54. The fraction of sp³-hybridized carbons (Fsp3) is 0.257. The SMILES string of the molecule is COc1ccccc1N(CC(=O)N(Cc1c(Cl)cccc1Cl)[C@@H](Cc1ccccc1)C(=O)NC(C)C)S(=O)(=O)c1ccc(C)cc1. The molecule has 11 heteroatoms. The predicted molar refractivity (Wildman–Crippen MR) is 183 cm³/mol. The molecule has 242 valence electrons. The molecule has 0 heterocycles. The molecule has 46 heavy (non-hydrogen) atoms. The summed E-state index contributed by atoms with van der Waals surface area (Å²) in [6.45, 7) is 4.71. The molecule has 1 atom stereocenters. The standard InChI is InChI=1S/C35H37Cl2N3O5S/c1-24(2)38-35(42)32(21-26-11-6-5-7-12-26)39(22-28-29(36)13-10-14-30(28)37)34(41)23-40(31-15-8-9-16-33(31)45-4)46(43,44)27-19-17-25(3)18-20-27/h5-20,24,32H,21-23H2,1-4H3,(H,38,42)/t32-/m0/s1. The van der Waals surface area contributed by atoms with Crippen molar-refractivity contribution in [2.24, 2.45) is 0 Å². The molecular weight excluding hydrogens is 645 g/mol. The maximum Gasteiger partial charge on any atom is 0.264 e. The monoisotopic (exact) mass is 681 g/mol. The third-order valence-corrected chi connectivity index (χ3v) is 9.82. The van der Waals surface area contributed by atoms with Gasteiger partial charge in [-0.3, -0.25) is 13.9 Å². The van der Waals surface area contributed by atoms with Crippen LogP contribution in [0.15, 0.2) is 102 Å². The fourth-order valence-electron chi connectivity index (χ4n) is 4.98. The van der Waals surface area contributed by atoms with Crippen molar-refractivity contribution in [3.63, 3.8) is 0 Å². The lowest BCUT2D eigenvalue weighted by atomic mass is 10.0. The third kappa shape index (κ3) is 8.40. The second-order valence-corrected chi connectivity index (χ2v) is 13.8. The van der Waals surface area contributed by atoms with Gasteiger partial charge in [0.2, 0.25) is 11.8 Å². The van der Waals surface area contributed by atoms with E-state index in [2.05, 4.69) is 5.32 Å². The minimum atomic E-state index is -4.29. The summed E-state index contributed by atoms with van der Waals surface area (Å²) in [7, 11) is -2.87. The number of para-hydroxylation sites is 2. The van der Waals surface area contributed by atoms with E-state index in [1.807, 2.05) is 51.1 Å². The Kier molecular flexibility index (Phi) is 11.7. The zero-order valence-corrected chi connectivity index (χ0v) is 28.4. The molecule has 2 amide bonds. The van der Waals surface area contributed by atoms with Gasteiger partial charge in [-0.15, -0.1) is 0 Å². The molecule has 0 aliphatic rings. The van der Waals surface area contributed by atoms with Crippen molar-refractivity contribution < 1.29 is 22.7 Å². The Balaban J connectivity index is 1.87. The Labute approximate surface area is 280 Å². The molecule has 1 N–H and O–H groups in total. The molecule has 0 aliphatic heterocycles. The Morgan fingerprint density at radius 1 is 0.848 bits per heavy atom. The maximum atomic E-state index is 14.6. The van der Waals surface area contributed by atoms with Crippen LogP contribution in [-0.2, 0) is 32.6 Å². The average Bonchev–Trinajstić information content (AvgIpc) is 3.03. The second kappa shape index (κ2) is 15.5. The topological polar surface area (TPSA) is 96.0 Å². The Bertz CT molecular complexity index is 1750. The highest BCUT2D eigenvalue weighted by Gasteiger charge is 2.36. The van der Waals surface area contributed by atoms with Crippen molar-refractivity contribution in [2.75, 3.05) is 18.0 Å². The van der Waals surface area contributed by atoms with Gasteiger partial charge in [0.25, 0.3) is 10.0 Å². The van der Waals surface area contributed by atoms with Gasteiger partial charge < -0.3 is 15.0 Å². The van der Waals surface area contributed by atoms with E-state index in [4.69, 9.17) is 27.9 Å². The van der Waals surface area contributed by atoms with Gasteiger partial charge >= 0.3 is 0 Å². The minimum absolute atomic E-state index is 0.00380. The van der Waals surface area contributed by atoms with E-state index < -0.39 is 34.4 Å². The molecule has 4 aromatic rings. The minimum Gasteiger partial charge on any atom is -0.495 e. The number of nitrogens with one attached hydrogen (secondary N) is 1. The van der Waals surface area contributed by atoms with Crippen LogP contribution in [0.4, 0.5) is 5.69 Å². The molecule has 0 unspecified atom stereocenters. The van der Waals surface area contributed by atoms with Crippen molar-refractivity contribution in [3.8, 4) is 5.75 Å². The highest BCUT2D eigenvalue weighted by Crippen LogP contribution is 2.33. The molecule has 8 nitrogen and oxygen atoms in total. The van der Waals surface area contributed by atoms with E-state index in [1.165, 1.54) is 24.1 Å². The Hall–Kier alpha value is -4.05. The fourth-order valence-corrected chi connectivity index (χ4v) is 6.92. The molecule has 4 aromatic carbocycles. The highest BCUT2D eigenvalue weighted by molar-refractivity contribution is 7.92. The van der Waals surface area contributed by atoms with Gasteiger partial charge in [0.05, 0.1) is 17.7 Å². The third-order valence-electron chi connectivity index (χ3n) is 7.33. The number of amides is 2. The summed E-state index contributed by atoms with van der Waals surface area (Å²) in [5.41, 5.74) is 2.28. The molecule has 0 bridgehead atoms. The first-order valence-electron chi connectivity index (χ1n) is 14.7. The van der Waals surface area contributed by atoms with Crippen LogP contribution >= 0.6 is 23.2 Å². The van der Waals surface area contributed by atoms with Crippen molar-refractivity contribution >= 4 is 50.7 Å². The Morgan fingerprint density at radius 3 is 2.07 bits per heavy atom. The zero-order chi connectivity index (χ0) is 33.4. The molecule has 4 rings (SSSR count). The normalized spacial score (nSPS) is 12.0. The summed E-state index contributed by atoms with van der Waals surface area (Å²) < 4.78 is 35.0. The smallest absolute Gasteiger partial charge is 0.264 e. The van der Waals surface area contributed by atoms with Crippen molar-refractivity contribution in [1.29, 1.82) is 0 Å². The Morgan fingerprint density at radius 2 is 1.46 bits per heavy atom. The van der Waals surface area contributed by atoms with Crippen LogP contribution in [-0.4, -0.2) is 50.9 Å². The van der Waals surface area contributed by atoms with Crippen LogP contribution < -0.4 is 14.4 Å². The van der Waals surface area contributed by atoms with Gasteiger partial charge in [0.15, 0.2) is 0 Å². The van der Waals surface area contributed by atoms with Crippen LogP contribution in [0.25, 0.3) is 0 Å². The molecule has 0 saturated carbocycles. The van der Waals surface area contributed by atoms with Crippen molar-refractivity contribution in [3.05, 3.63) is 124 Å². The number of ether oxygens (including phenoxy) is 1. The zero-order valence-electron chi connectivity index (χ0n) is 26.1. The van der Waals surface area contributed by atoms with Crippen LogP contribution in [0.1, 0.15) is 30.5 Å². The number of methoxy groups -OCH3 is 1. The number of anilines is 1. The molecule has 0 spiro atoms. The summed E-state index contributed by atoms with van der Waals surface area (Å²) in [5, 5.41) is 3.54. The number of hydrogen-bond donors (Lipinski definition) is 1. The molecule has 0 fully saturated rings. The van der Waals surface area contributed by atoms with E-state index in [1.54, 1.807) is 54.6 Å². The number of halogens is 2. The summed E-state index contributed by atoms with van der Waals surface area (Å²) in [6.07, 6.45) is 0.159. The summed E-state index contributed by atoms with van der Waals surface area (Å²) in [4.78, 5) is 29.8. The quantitative estimate of drug-likeness (QED) is 0.170. The van der Waals surface area contributed by atoms with Crippen molar-refractivity contribution in [1.82, 2.24) is 10.2 Å². The molecule has 0 aromatic heterocycles. The number of rotatable bonds is 13. The first-order valence-corrected chi connectivity index (χ1v) is 16.9.